The number of pyridine rings is 1. The molecule has 78 valence electrons. The SMILES string of the molecule is CC(=O)C(=Nc1cccnc1)/C(N)=C\N. The van der Waals surface area contributed by atoms with Crippen molar-refractivity contribution in [1.29, 1.82) is 0 Å². The number of Topliss-reactive ketones (excluding diaryl/α,β-unsaturated/α-hetero) is 1. The third kappa shape index (κ3) is 2.91. The van der Waals surface area contributed by atoms with Crippen molar-refractivity contribution in [2.45, 2.75) is 6.92 Å². The summed E-state index contributed by atoms with van der Waals surface area (Å²) < 4.78 is 0. The van der Waals surface area contributed by atoms with Crippen LogP contribution in [0.2, 0.25) is 0 Å². The second kappa shape index (κ2) is 4.90. The molecule has 0 saturated carbocycles. The maximum absolute atomic E-state index is 11.2. The average molecular weight is 204 g/mol. The van der Waals surface area contributed by atoms with Gasteiger partial charge in [-0.05, 0) is 12.1 Å². The number of aliphatic imine (C=N–C) groups is 1. The molecular weight excluding hydrogens is 192 g/mol. The van der Waals surface area contributed by atoms with Crippen molar-refractivity contribution in [2.24, 2.45) is 16.5 Å². The van der Waals surface area contributed by atoms with Gasteiger partial charge < -0.3 is 11.5 Å². The molecule has 15 heavy (non-hydrogen) atoms. The van der Waals surface area contributed by atoms with Gasteiger partial charge in [-0.15, -0.1) is 0 Å². The summed E-state index contributed by atoms with van der Waals surface area (Å²) >= 11 is 0. The van der Waals surface area contributed by atoms with Crippen molar-refractivity contribution >= 4 is 17.2 Å². The maximum atomic E-state index is 11.2. The van der Waals surface area contributed by atoms with Crippen molar-refractivity contribution in [3.05, 3.63) is 36.4 Å². The third-order valence-electron chi connectivity index (χ3n) is 1.67. The summed E-state index contributed by atoms with van der Waals surface area (Å²) in [7, 11) is 0. The van der Waals surface area contributed by atoms with Crippen LogP contribution in [0, 0.1) is 0 Å². The monoisotopic (exact) mass is 204 g/mol. The number of hydrogen-bond donors (Lipinski definition) is 2. The Hall–Kier alpha value is -2.17. The van der Waals surface area contributed by atoms with Gasteiger partial charge in [0.05, 0.1) is 17.6 Å². The Morgan fingerprint density at radius 3 is 2.80 bits per heavy atom. The molecule has 1 aromatic rings. The van der Waals surface area contributed by atoms with Crippen LogP contribution in [0.1, 0.15) is 6.92 Å². The molecule has 0 fully saturated rings. The second-order valence-corrected chi connectivity index (χ2v) is 2.85. The number of rotatable bonds is 3. The van der Waals surface area contributed by atoms with Crippen LogP contribution in [0.4, 0.5) is 5.69 Å². The molecule has 1 aromatic heterocycles. The number of carbonyl (C=O) groups excluding carboxylic acids is 1. The van der Waals surface area contributed by atoms with Gasteiger partial charge in [0.25, 0.3) is 0 Å². The highest BCUT2D eigenvalue weighted by atomic mass is 16.1. The van der Waals surface area contributed by atoms with Crippen molar-refractivity contribution < 1.29 is 4.79 Å². The predicted molar refractivity (Wildman–Crippen MR) is 58.5 cm³/mol. The van der Waals surface area contributed by atoms with Gasteiger partial charge in [-0.1, -0.05) is 0 Å². The lowest BCUT2D eigenvalue weighted by Gasteiger charge is -2.01. The number of allylic oxidation sites excluding steroid dienone is 1. The largest absolute Gasteiger partial charge is 0.403 e. The molecule has 0 aliphatic rings. The van der Waals surface area contributed by atoms with Gasteiger partial charge in [-0.3, -0.25) is 9.78 Å². The van der Waals surface area contributed by atoms with E-state index < -0.39 is 0 Å². The Morgan fingerprint density at radius 1 is 1.60 bits per heavy atom. The zero-order valence-corrected chi connectivity index (χ0v) is 8.34. The highest BCUT2D eigenvalue weighted by Crippen LogP contribution is 2.09. The summed E-state index contributed by atoms with van der Waals surface area (Å²) in [6, 6.07) is 3.44. The van der Waals surface area contributed by atoms with Crippen LogP contribution in [-0.4, -0.2) is 16.5 Å². The molecule has 0 aliphatic carbocycles. The van der Waals surface area contributed by atoms with Gasteiger partial charge in [0.2, 0.25) is 0 Å². The number of ketones is 1. The molecule has 0 bridgehead atoms. The lowest BCUT2D eigenvalue weighted by molar-refractivity contribution is -0.111. The quantitative estimate of drug-likeness (QED) is 0.701. The van der Waals surface area contributed by atoms with Gasteiger partial charge in [0, 0.05) is 19.3 Å². The first-order valence-electron chi connectivity index (χ1n) is 4.32. The Balaban J connectivity index is 3.11. The van der Waals surface area contributed by atoms with E-state index in [4.69, 9.17) is 11.5 Å². The Morgan fingerprint density at radius 2 is 2.33 bits per heavy atom. The lowest BCUT2D eigenvalue weighted by atomic mass is 10.2. The fourth-order valence-corrected chi connectivity index (χ4v) is 0.974. The summed E-state index contributed by atoms with van der Waals surface area (Å²) in [5.41, 5.74) is 11.6. The number of carbonyl (C=O) groups is 1. The lowest BCUT2D eigenvalue weighted by Crippen LogP contribution is -2.20. The minimum atomic E-state index is -0.238. The Labute approximate surface area is 87.5 Å². The molecule has 5 heteroatoms. The van der Waals surface area contributed by atoms with E-state index in [2.05, 4.69) is 9.98 Å². The molecule has 1 heterocycles. The normalized spacial score (nSPS) is 12.6. The first-order chi connectivity index (χ1) is 7.15. The Bertz CT molecular complexity index is 409. The van der Waals surface area contributed by atoms with Crippen molar-refractivity contribution in [3.8, 4) is 0 Å². The van der Waals surface area contributed by atoms with E-state index in [1.807, 2.05) is 0 Å². The maximum Gasteiger partial charge on any atom is 0.180 e. The fourth-order valence-electron chi connectivity index (χ4n) is 0.974. The second-order valence-electron chi connectivity index (χ2n) is 2.85. The molecule has 0 aliphatic heterocycles. The Kier molecular flexibility index (Phi) is 3.56. The van der Waals surface area contributed by atoms with E-state index in [9.17, 15) is 4.79 Å². The third-order valence-corrected chi connectivity index (χ3v) is 1.67. The summed E-state index contributed by atoms with van der Waals surface area (Å²) in [5.74, 6) is -0.238. The summed E-state index contributed by atoms with van der Waals surface area (Å²) in [4.78, 5) is 19.2. The average Bonchev–Trinajstić information content (AvgIpc) is 2.26. The molecule has 0 amide bonds. The number of nitrogens with zero attached hydrogens (tertiary/aromatic N) is 2. The first kappa shape index (κ1) is 10.9. The van der Waals surface area contributed by atoms with E-state index in [-0.39, 0.29) is 17.2 Å². The van der Waals surface area contributed by atoms with Crippen LogP contribution < -0.4 is 11.5 Å². The van der Waals surface area contributed by atoms with E-state index >= 15 is 0 Å². The molecule has 0 aromatic carbocycles. The minimum Gasteiger partial charge on any atom is -0.403 e. The van der Waals surface area contributed by atoms with E-state index in [1.165, 1.54) is 13.1 Å². The minimum absolute atomic E-state index is 0.144. The van der Waals surface area contributed by atoms with Crippen molar-refractivity contribution in [2.75, 3.05) is 0 Å². The molecule has 0 unspecified atom stereocenters. The highest BCUT2D eigenvalue weighted by molar-refractivity contribution is 6.45. The molecule has 4 N–H and O–H groups in total. The van der Waals surface area contributed by atoms with Gasteiger partial charge in [-0.25, -0.2) is 4.99 Å². The molecule has 0 radical (unpaired) electrons. The van der Waals surface area contributed by atoms with Crippen LogP contribution in [0.3, 0.4) is 0 Å². The summed E-state index contributed by atoms with van der Waals surface area (Å²) in [6.45, 7) is 1.38. The molecule has 0 atom stereocenters. The van der Waals surface area contributed by atoms with Crippen molar-refractivity contribution in [3.63, 3.8) is 0 Å². The van der Waals surface area contributed by atoms with Crippen LogP contribution in [-0.2, 0) is 4.79 Å². The highest BCUT2D eigenvalue weighted by Gasteiger charge is 2.08. The van der Waals surface area contributed by atoms with Crippen LogP contribution in [0.15, 0.2) is 41.4 Å². The summed E-state index contributed by atoms with van der Waals surface area (Å²) in [6.07, 6.45) is 4.30. The van der Waals surface area contributed by atoms with Gasteiger partial charge >= 0.3 is 0 Å². The standard InChI is InChI=1S/C10H12N4O/c1-7(15)10(9(12)5-11)14-8-3-2-4-13-6-8/h2-6H,11-12H2,1H3/b9-5+,14-10?. The van der Waals surface area contributed by atoms with Crippen molar-refractivity contribution in [1.82, 2.24) is 4.98 Å². The molecule has 5 nitrogen and oxygen atoms in total. The van der Waals surface area contributed by atoms with Crippen LogP contribution >= 0.6 is 0 Å². The van der Waals surface area contributed by atoms with E-state index in [1.54, 1.807) is 18.3 Å². The zero-order valence-electron chi connectivity index (χ0n) is 8.34. The number of hydrogen-bond acceptors (Lipinski definition) is 5. The fraction of sp³-hybridized carbons (Fsp3) is 0.100. The molecule has 0 saturated heterocycles. The molecular formula is C10H12N4O. The van der Waals surface area contributed by atoms with Gasteiger partial charge in [-0.2, -0.15) is 0 Å². The van der Waals surface area contributed by atoms with E-state index in [0.717, 1.165) is 6.20 Å². The topological polar surface area (TPSA) is 94.4 Å². The number of nitrogens with two attached hydrogens (primary N) is 2. The number of aromatic nitrogens is 1. The smallest absolute Gasteiger partial charge is 0.180 e. The van der Waals surface area contributed by atoms with Crippen LogP contribution in [0.5, 0.6) is 0 Å². The summed E-state index contributed by atoms with van der Waals surface area (Å²) in [5, 5.41) is 0. The molecule has 1 rings (SSSR count). The van der Waals surface area contributed by atoms with Gasteiger partial charge in [0.15, 0.2) is 5.78 Å². The molecule has 0 spiro atoms. The first-order valence-corrected chi connectivity index (χ1v) is 4.32. The van der Waals surface area contributed by atoms with Crippen LogP contribution in [0.25, 0.3) is 0 Å². The van der Waals surface area contributed by atoms with E-state index in [0.29, 0.717) is 5.69 Å². The van der Waals surface area contributed by atoms with Gasteiger partial charge in [0.1, 0.15) is 5.71 Å². The predicted octanol–water partition coefficient (Wildman–Crippen LogP) is 0.502. The zero-order chi connectivity index (χ0) is 11.3.